The topological polar surface area (TPSA) is 59.0 Å². The van der Waals surface area contributed by atoms with E-state index in [1.54, 1.807) is 12.1 Å². The van der Waals surface area contributed by atoms with Crippen molar-refractivity contribution < 1.29 is 9.18 Å². The predicted octanol–water partition coefficient (Wildman–Crippen LogP) is 7.80. The third-order valence-corrected chi connectivity index (χ3v) is 7.67. The lowest BCUT2D eigenvalue weighted by molar-refractivity contribution is 0.0951. The third kappa shape index (κ3) is 5.74. The van der Waals surface area contributed by atoms with Crippen molar-refractivity contribution in [2.75, 3.05) is 5.32 Å². The lowest BCUT2D eigenvalue weighted by Crippen LogP contribution is -2.29. The number of halogens is 1. The van der Waals surface area contributed by atoms with Crippen molar-refractivity contribution in [3.63, 3.8) is 0 Å². The van der Waals surface area contributed by atoms with E-state index in [-0.39, 0.29) is 17.1 Å². The van der Waals surface area contributed by atoms with Crippen LogP contribution in [-0.4, -0.2) is 15.5 Å². The number of fused-ring (bicyclic) bond motifs is 1. The monoisotopic (exact) mass is 512 g/mol. The summed E-state index contributed by atoms with van der Waals surface area (Å²) >= 11 is 0. The predicted molar refractivity (Wildman–Crippen MR) is 152 cm³/mol. The fourth-order valence-electron chi connectivity index (χ4n) is 6.03. The summed E-state index contributed by atoms with van der Waals surface area (Å²) in [4.78, 5) is 18.0. The third-order valence-electron chi connectivity index (χ3n) is 7.67. The first-order valence-electron chi connectivity index (χ1n) is 13.6. The molecule has 2 N–H and O–H groups in total. The van der Waals surface area contributed by atoms with Gasteiger partial charge in [-0.3, -0.25) is 4.79 Å². The molecule has 0 unspecified atom stereocenters. The van der Waals surface area contributed by atoms with E-state index in [0.29, 0.717) is 24.1 Å². The Kier molecular flexibility index (Phi) is 7.24. The minimum atomic E-state index is -0.289. The van der Waals surface area contributed by atoms with E-state index < -0.39 is 0 Å². The van der Waals surface area contributed by atoms with E-state index in [1.165, 1.54) is 24.1 Å². The highest BCUT2D eigenvalue weighted by atomic mass is 19.1. The second-order valence-electron chi connectivity index (χ2n) is 11.6. The number of imidazole rings is 1. The molecule has 1 aromatic heterocycles. The first-order chi connectivity index (χ1) is 18.2. The maximum atomic E-state index is 13.2. The van der Waals surface area contributed by atoms with Crippen LogP contribution in [0, 0.1) is 17.2 Å². The van der Waals surface area contributed by atoms with Gasteiger partial charge >= 0.3 is 0 Å². The maximum absolute atomic E-state index is 13.2. The van der Waals surface area contributed by atoms with Crippen LogP contribution in [0.5, 0.6) is 0 Å². The van der Waals surface area contributed by atoms with Gasteiger partial charge in [-0.25, -0.2) is 9.37 Å². The van der Waals surface area contributed by atoms with Gasteiger partial charge < -0.3 is 15.2 Å². The van der Waals surface area contributed by atoms with Gasteiger partial charge in [-0.05, 0) is 90.6 Å². The molecular formula is C32H37FN4O. The summed E-state index contributed by atoms with van der Waals surface area (Å²) in [5.74, 6) is 0.961. The average Bonchev–Trinajstić information content (AvgIpc) is 3.24. The number of nitrogens with zero attached hydrogens (tertiary/aromatic N) is 2. The molecule has 1 saturated carbocycles. The molecule has 0 bridgehead atoms. The summed E-state index contributed by atoms with van der Waals surface area (Å²) in [5.41, 5.74) is 5.77. The van der Waals surface area contributed by atoms with Gasteiger partial charge in [-0.2, -0.15) is 0 Å². The molecule has 3 aromatic carbocycles. The highest BCUT2D eigenvalue weighted by Gasteiger charge is 2.34. The number of aryl methyl sites for hydroxylation is 1. The normalized spacial score (nSPS) is 18.9. The molecule has 1 aliphatic carbocycles. The molecule has 5 nitrogen and oxygen atoms in total. The van der Waals surface area contributed by atoms with Crippen molar-refractivity contribution >= 4 is 28.6 Å². The summed E-state index contributed by atoms with van der Waals surface area (Å²) in [6.45, 7) is 9.54. The largest absolute Gasteiger partial charge is 0.348 e. The van der Waals surface area contributed by atoms with Crippen molar-refractivity contribution in [3.8, 4) is 0 Å². The number of carbonyl (C=O) groups excluding carboxylic acids is 1. The molecule has 198 valence electrons. The zero-order valence-electron chi connectivity index (χ0n) is 22.7. The molecule has 5 rings (SSSR count). The van der Waals surface area contributed by atoms with E-state index in [1.807, 2.05) is 18.2 Å². The number of benzene rings is 3. The van der Waals surface area contributed by atoms with Gasteiger partial charge in [0, 0.05) is 23.8 Å². The van der Waals surface area contributed by atoms with Crippen LogP contribution in [0.25, 0.3) is 11.0 Å². The number of amides is 1. The van der Waals surface area contributed by atoms with Gasteiger partial charge in [0.1, 0.15) is 5.82 Å². The Balaban J connectivity index is 1.47. The van der Waals surface area contributed by atoms with Crippen LogP contribution in [0.3, 0.4) is 0 Å². The summed E-state index contributed by atoms with van der Waals surface area (Å²) in [6, 6.07) is 20.7. The molecular weight excluding hydrogens is 475 g/mol. The maximum Gasteiger partial charge on any atom is 0.251 e. The van der Waals surface area contributed by atoms with Crippen LogP contribution in [0.4, 0.5) is 16.0 Å². The SMILES string of the molecule is CCc1ccc(Nc2nc3cc(C(=O)NCc4ccc(F)cc4)ccc3n2[C@H]2C[C@@H](C)CC(C)(C)C2)cc1. The summed E-state index contributed by atoms with van der Waals surface area (Å²) in [5, 5.41) is 6.51. The average molecular weight is 513 g/mol. The second kappa shape index (κ2) is 10.6. The Morgan fingerprint density at radius 2 is 1.74 bits per heavy atom. The Morgan fingerprint density at radius 1 is 1.03 bits per heavy atom. The number of carbonyl (C=O) groups is 1. The Bertz CT molecular complexity index is 1420. The number of anilines is 2. The van der Waals surface area contributed by atoms with Crippen molar-refractivity contribution in [2.45, 2.75) is 66.0 Å². The van der Waals surface area contributed by atoms with E-state index in [2.05, 4.69) is 67.2 Å². The highest BCUT2D eigenvalue weighted by molar-refractivity contribution is 5.97. The van der Waals surface area contributed by atoms with Gasteiger partial charge in [0.25, 0.3) is 5.91 Å². The summed E-state index contributed by atoms with van der Waals surface area (Å²) in [6.07, 6.45) is 4.39. The van der Waals surface area contributed by atoms with Gasteiger partial charge in [-0.15, -0.1) is 0 Å². The molecule has 38 heavy (non-hydrogen) atoms. The van der Waals surface area contributed by atoms with Crippen molar-refractivity contribution in [1.82, 2.24) is 14.9 Å². The minimum Gasteiger partial charge on any atom is -0.348 e. The first-order valence-corrected chi connectivity index (χ1v) is 13.6. The van der Waals surface area contributed by atoms with Gasteiger partial charge in [0.15, 0.2) is 0 Å². The molecule has 6 heteroatoms. The zero-order chi connectivity index (χ0) is 26.9. The Labute approximate surface area is 224 Å². The van der Waals surface area contributed by atoms with Crippen molar-refractivity contribution in [2.24, 2.45) is 11.3 Å². The van der Waals surface area contributed by atoms with Crippen LogP contribution in [0.1, 0.15) is 74.5 Å². The van der Waals surface area contributed by atoms with Crippen LogP contribution in [0.15, 0.2) is 66.7 Å². The van der Waals surface area contributed by atoms with Gasteiger partial charge in [-0.1, -0.05) is 52.0 Å². The Morgan fingerprint density at radius 3 is 2.42 bits per heavy atom. The van der Waals surface area contributed by atoms with Crippen LogP contribution < -0.4 is 10.6 Å². The quantitative estimate of drug-likeness (QED) is 0.266. The molecule has 0 spiro atoms. The van der Waals surface area contributed by atoms with E-state index in [4.69, 9.17) is 4.98 Å². The van der Waals surface area contributed by atoms with Crippen LogP contribution in [0.2, 0.25) is 0 Å². The number of aromatic nitrogens is 2. The molecule has 1 fully saturated rings. The highest BCUT2D eigenvalue weighted by Crippen LogP contribution is 2.46. The zero-order valence-corrected chi connectivity index (χ0v) is 22.7. The molecule has 2 atom stereocenters. The van der Waals surface area contributed by atoms with E-state index >= 15 is 0 Å². The molecule has 0 radical (unpaired) electrons. The molecule has 1 amide bonds. The summed E-state index contributed by atoms with van der Waals surface area (Å²) < 4.78 is 15.5. The lowest BCUT2D eigenvalue weighted by atomic mass is 9.70. The first kappa shape index (κ1) is 26.0. The smallest absolute Gasteiger partial charge is 0.251 e. The molecule has 1 heterocycles. The molecule has 4 aromatic rings. The van der Waals surface area contributed by atoms with Crippen molar-refractivity contribution in [1.29, 1.82) is 0 Å². The molecule has 0 saturated heterocycles. The fourth-order valence-corrected chi connectivity index (χ4v) is 6.03. The summed E-state index contributed by atoms with van der Waals surface area (Å²) in [7, 11) is 0. The second-order valence-corrected chi connectivity index (χ2v) is 11.6. The number of hydrogen-bond acceptors (Lipinski definition) is 3. The Hall–Kier alpha value is -3.67. The van der Waals surface area contributed by atoms with Crippen molar-refractivity contribution in [3.05, 3.63) is 89.2 Å². The van der Waals surface area contributed by atoms with E-state index in [0.717, 1.165) is 47.5 Å². The number of rotatable bonds is 7. The van der Waals surface area contributed by atoms with Gasteiger partial charge in [0.05, 0.1) is 11.0 Å². The number of hydrogen-bond donors (Lipinski definition) is 2. The minimum absolute atomic E-state index is 0.178. The molecule has 1 aliphatic rings. The van der Waals surface area contributed by atoms with E-state index in [9.17, 15) is 9.18 Å². The van der Waals surface area contributed by atoms with Crippen LogP contribution >= 0.6 is 0 Å². The lowest BCUT2D eigenvalue weighted by Gasteiger charge is -2.40. The standard InChI is InChI=1S/C32H37FN4O/c1-5-22-8-13-26(14-9-22)35-31-36-28-17-24(30(38)34-20-23-6-11-25(33)12-7-23)10-15-29(28)37(31)27-16-21(2)18-32(3,4)19-27/h6-15,17,21,27H,5,16,18-20H2,1-4H3,(H,34,38)(H,35,36)/t21-,27+/m1/s1. The van der Waals surface area contributed by atoms with Crippen LogP contribution in [-0.2, 0) is 13.0 Å². The molecule has 0 aliphatic heterocycles. The number of nitrogens with one attached hydrogen (secondary N) is 2. The fraction of sp³-hybridized carbons (Fsp3) is 0.375. The van der Waals surface area contributed by atoms with Gasteiger partial charge in [0.2, 0.25) is 5.95 Å².